The number of aromatic nitrogens is 1. The number of nitrogens with zero attached hydrogens (tertiary/aromatic N) is 1. The Kier molecular flexibility index (Phi) is 6.12. The first-order valence-electron chi connectivity index (χ1n) is 11.0. The molecule has 3 saturated carbocycles. The van der Waals surface area contributed by atoms with E-state index in [1.807, 2.05) is 12.1 Å². The van der Waals surface area contributed by atoms with Crippen molar-refractivity contribution in [2.24, 2.45) is 5.41 Å². The number of carbonyl (C=O) groups excluding carboxylic acids is 2. The zero-order chi connectivity index (χ0) is 23.9. The maximum absolute atomic E-state index is 13.4. The highest BCUT2D eigenvalue weighted by molar-refractivity contribution is 6.30. The number of carbonyl (C=O) groups is 2. The van der Waals surface area contributed by atoms with Crippen LogP contribution in [0.25, 0.3) is 0 Å². The van der Waals surface area contributed by atoms with Crippen molar-refractivity contribution >= 4 is 23.3 Å². The van der Waals surface area contributed by atoms with Gasteiger partial charge in [0.05, 0.1) is 11.2 Å². The quantitative estimate of drug-likeness (QED) is 0.573. The van der Waals surface area contributed by atoms with Crippen molar-refractivity contribution in [3.05, 3.63) is 53.1 Å². The minimum absolute atomic E-state index is 0.000946. The molecule has 3 fully saturated rings. The molecule has 2 bridgehead atoms. The lowest BCUT2D eigenvalue weighted by atomic mass is 9.38. The summed E-state index contributed by atoms with van der Waals surface area (Å²) in [4.78, 5) is 29.1. The van der Waals surface area contributed by atoms with Gasteiger partial charge in [-0.1, -0.05) is 32.4 Å². The Bertz CT molecular complexity index is 1050. The molecule has 3 aliphatic carbocycles. The van der Waals surface area contributed by atoms with E-state index in [9.17, 15) is 14.0 Å². The van der Waals surface area contributed by atoms with E-state index >= 15 is 0 Å². The smallest absolute Gasteiger partial charge is 0.258 e. The average Bonchev–Trinajstić information content (AvgIpc) is 2.70. The van der Waals surface area contributed by atoms with Crippen molar-refractivity contribution in [1.82, 2.24) is 10.3 Å². The monoisotopic (exact) mass is 474 g/mol. The first kappa shape index (κ1) is 23.5. The van der Waals surface area contributed by atoms with Gasteiger partial charge in [0.25, 0.3) is 5.91 Å². The zero-order valence-corrected chi connectivity index (χ0v) is 19.8. The van der Waals surface area contributed by atoms with E-state index in [0.717, 1.165) is 31.0 Å². The summed E-state index contributed by atoms with van der Waals surface area (Å²) in [6, 6.07) is 7.80. The van der Waals surface area contributed by atoms with Gasteiger partial charge < -0.3 is 14.8 Å². The minimum atomic E-state index is -0.595. The molecule has 33 heavy (non-hydrogen) atoms. The van der Waals surface area contributed by atoms with E-state index in [2.05, 4.69) is 31.1 Å². The van der Waals surface area contributed by atoms with Crippen LogP contribution in [0.4, 0.5) is 4.39 Å². The molecule has 0 saturated heterocycles. The van der Waals surface area contributed by atoms with Crippen LogP contribution in [0.15, 0.2) is 36.5 Å². The summed E-state index contributed by atoms with van der Waals surface area (Å²) >= 11 is 5.64. The van der Waals surface area contributed by atoms with Crippen molar-refractivity contribution < 1.29 is 23.5 Å². The number of rotatable bonds is 9. The molecule has 1 heterocycles. The van der Waals surface area contributed by atoms with Crippen LogP contribution in [0.3, 0.4) is 0 Å². The van der Waals surface area contributed by atoms with Crippen molar-refractivity contribution in [2.75, 3.05) is 13.2 Å². The minimum Gasteiger partial charge on any atom is -0.484 e. The lowest BCUT2D eigenvalue weighted by molar-refractivity contribution is -0.173. The van der Waals surface area contributed by atoms with Crippen LogP contribution < -0.4 is 14.8 Å². The standard InChI is InChI=1S/C25H28ClFN2O4/c1-23(2,3)21-7-5-18(10-28-21)32-11-16(30)9-24-13-25(14-24,15-24)29-22(31)12-33-17-4-6-19(26)20(27)8-17/h4-8,10H,9,11-15H2,1-3H3,(H,29,31). The molecular formula is C25H28ClFN2O4. The number of amides is 1. The molecule has 6 nitrogen and oxygen atoms in total. The van der Waals surface area contributed by atoms with Crippen LogP contribution in [0.1, 0.15) is 52.1 Å². The molecule has 2 aromatic rings. The summed E-state index contributed by atoms with van der Waals surface area (Å²) in [5.74, 6) is 0.0121. The molecule has 0 spiro atoms. The second-order valence-electron chi connectivity index (χ2n) is 10.4. The van der Waals surface area contributed by atoms with Gasteiger partial charge in [-0.2, -0.15) is 0 Å². The number of ether oxygens (including phenoxy) is 2. The van der Waals surface area contributed by atoms with Crippen molar-refractivity contribution in [3.8, 4) is 11.5 Å². The Balaban J connectivity index is 1.16. The van der Waals surface area contributed by atoms with E-state index in [0.29, 0.717) is 12.2 Å². The lowest BCUT2D eigenvalue weighted by Crippen LogP contribution is -2.75. The summed E-state index contributed by atoms with van der Waals surface area (Å²) in [5, 5.41) is 2.99. The fraction of sp³-hybridized carbons (Fsp3) is 0.480. The predicted molar refractivity (Wildman–Crippen MR) is 122 cm³/mol. The third-order valence-corrected chi connectivity index (χ3v) is 6.59. The van der Waals surface area contributed by atoms with E-state index in [4.69, 9.17) is 21.1 Å². The maximum Gasteiger partial charge on any atom is 0.258 e. The van der Waals surface area contributed by atoms with Gasteiger partial charge in [-0.15, -0.1) is 0 Å². The van der Waals surface area contributed by atoms with Crippen molar-refractivity contribution in [2.45, 2.75) is 57.4 Å². The third-order valence-electron chi connectivity index (χ3n) is 6.28. The van der Waals surface area contributed by atoms with Crippen LogP contribution >= 0.6 is 11.6 Å². The first-order valence-corrected chi connectivity index (χ1v) is 11.4. The van der Waals surface area contributed by atoms with Crippen molar-refractivity contribution in [3.63, 3.8) is 0 Å². The molecule has 1 aromatic carbocycles. The lowest BCUT2D eigenvalue weighted by Gasteiger charge is -2.70. The topological polar surface area (TPSA) is 77.5 Å². The molecule has 8 heteroatoms. The van der Waals surface area contributed by atoms with Gasteiger partial charge in [-0.05, 0) is 48.9 Å². The number of Topliss-reactive ketones (excluding diaryl/α,β-unsaturated/α-hetero) is 1. The van der Waals surface area contributed by atoms with Gasteiger partial charge in [-0.3, -0.25) is 14.6 Å². The Hall–Kier alpha value is -2.67. The van der Waals surface area contributed by atoms with E-state index in [-0.39, 0.29) is 52.0 Å². The van der Waals surface area contributed by atoms with E-state index in [1.54, 1.807) is 6.20 Å². The van der Waals surface area contributed by atoms with Gasteiger partial charge in [0.2, 0.25) is 0 Å². The molecule has 3 aliphatic rings. The Morgan fingerprint density at radius 1 is 1.09 bits per heavy atom. The number of benzene rings is 1. The molecule has 0 aliphatic heterocycles. The Morgan fingerprint density at radius 2 is 1.76 bits per heavy atom. The summed E-state index contributed by atoms with van der Waals surface area (Å²) in [6.45, 7) is 6.08. The highest BCUT2D eigenvalue weighted by atomic mass is 35.5. The van der Waals surface area contributed by atoms with Crippen molar-refractivity contribution in [1.29, 1.82) is 0 Å². The second-order valence-corrected chi connectivity index (χ2v) is 10.8. The molecule has 1 amide bonds. The van der Waals surface area contributed by atoms with Crippen LogP contribution in [-0.4, -0.2) is 35.4 Å². The number of hydrogen-bond acceptors (Lipinski definition) is 5. The van der Waals surface area contributed by atoms with Gasteiger partial charge in [0.15, 0.2) is 12.4 Å². The van der Waals surface area contributed by atoms with Crippen LogP contribution in [-0.2, 0) is 15.0 Å². The predicted octanol–water partition coefficient (Wildman–Crippen LogP) is 4.63. The van der Waals surface area contributed by atoms with E-state index in [1.165, 1.54) is 12.1 Å². The van der Waals surface area contributed by atoms with Crippen LogP contribution in [0, 0.1) is 11.2 Å². The number of ketones is 1. The Morgan fingerprint density at radius 3 is 2.36 bits per heavy atom. The summed E-state index contributed by atoms with van der Waals surface area (Å²) in [5.41, 5.74) is 0.638. The van der Waals surface area contributed by atoms with Gasteiger partial charge >= 0.3 is 0 Å². The fourth-order valence-corrected chi connectivity index (χ4v) is 5.03. The van der Waals surface area contributed by atoms with Crippen LogP contribution in [0.5, 0.6) is 11.5 Å². The molecule has 0 atom stereocenters. The number of pyridine rings is 1. The molecule has 5 rings (SSSR count). The molecule has 0 unspecified atom stereocenters. The van der Waals surface area contributed by atoms with Gasteiger partial charge in [0, 0.05) is 29.1 Å². The number of halogens is 2. The second kappa shape index (κ2) is 8.60. The summed E-state index contributed by atoms with van der Waals surface area (Å²) < 4.78 is 24.4. The molecule has 1 N–H and O–H groups in total. The molecule has 1 aromatic heterocycles. The molecule has 176 valence electrons. The van der Waals surface area contributed by atoms with Crippen LogP contribution in [0.2, 0.25) is 5.02 Å². The van der Waals surface area contributed by atoms with E-state index < -0.39 is 5.82 Å². The first-order chi connectivity index (χ1) is 15.5. The maximum atomic E-state index is 13.4. The normalized spacial score (nSPS) is 23.2. The molecule has 0 radical (unpaired) electrons. The highest BCUT2D eigenvalue weighted by Crippen LogP contribution is 2.68. The largest absolute Gasteiger partial charge is 0.484 e. The molecular weight excluding hydrogens is 447 g/mol. The average molecular weight is 475 g/mol. The summed E-state index contributed by atoms with van der Waals surface area (Å²) in [6.07, 6.45) is 4.41. The number of nitrogens with one attached hydrogen (secondary N) is 1. The fourth-order valence-electron chi connectivity index (χ4n) is 4.91. The zero-order valence-electron chi connectivity index (χ0n) is 19.0. The third kappa shape index (κ3) is 5.29. The van der Waals surface area contributed by atoms with Gasteiger partial charge in [-0.25, -0.2) is 4.39 Å². The SMILES string of the molecule is CC(C)(C)c1ccc(OCC(=O)CC23CC(NC(=O)COc4ccc(Cl)c(F)c4)(C2)C3)cn1. The highest BCUT2D eigenvalue weighted by Gasteiger charge is 2.68. The Labute approximate surface area is 197 Å². The van der Waals surface area contributed by atoms with Gasteiger partial charge in [0.1, 0.15) is 23.9 Å². The number of hydrogen-bond donors (Lipinski definition) is 1. The summed E-state index contributed by atoms with van der Waals surface area (Å²) in [7, 11) is 0.